The molecule has 0 amide bonds. The monoisotopic (exact) mass is 319 g/mol. The number of benzene rings is 1. The third-order valence-electron chi connectivity index (χ3n) is 3.50. The molecule has 0 bridgehead atoms. The molecule has 0 saturated heterocycles. The molecule has 0 saturated carbocycles. The first-order valence-electron chi connectivity index (χ1n) is 6.98. The zero-order valence-electron chi connectivity index (χ0n) is 13.1. The quantitative estimate of drug-likeness (QED) is 0.850. The summed E-state index contributed by atoms with van der Waals surface area (Å²) in [5, 5.41) is 9.29. The lowest BCUT2D eigenvalue weighted by Crippen LogP contribution is -2.20. The summed E-state index contributed by atoms with van der Waals surface area (Å²) in [7, 11) is 1.76. The Morgan fingerprint density at radius 1 is 1.17 bits per heavy atom. The van der Waals surface area contributed by atoms with E-state index in [1.165, 1.54) is 12.1 Å². The van der Waals surface area contributed by atoms with Crippen LogP contribution in [0.25, 0.3) is 0 Å². The van der Waals surface area contributed by atoms with Gasteiger partial charge in [-0.2, -0.15) is 18.4 Å². The summed E-state index contributed by atoms with van der Waals surface area (Å²) >= 11 is 0. The van der Waals surface area contributed by atoms with Crippen molar-refractivity contribution in [3.05, 3.63) is 58.3 Å². The van der Waals surface area contributed by atoms with Gasteiger partial charge in [0.05, 0.1) is 11.1 Å². The number of anilines is 1. The molecule has 2 rings (SSSR count). The van der Waals surface area contributed by atoms with Crippen LogP contribution in [0.1, 0.15) is 27.9 Å². The maximum atomic E-state index is 12.6. The minimum atomic E-state index is -4.34. The van der Waals surface area contributed by atoms with E-state index in [2.05, 4.69) is 11.1 Å². The zero-order valence-corrected chi connectivity index (χ0v) is 13.1. The van der Waals surface area contributed by atoms with Crippen molar-refractivity contribution in [1.29, 1.82) is 5.26 Å². The molecule has 23 heavy (non-hydrogen) atoms. The second-order valence-corrected chi connectivity index (χ2v) is 5.44. The lowest BCUT2D eigenvalue weighted by molar-refractivity contribution is -0.137. The highest BCUT2D eigenvalue weighted by Crippen LogP contribution is 2.29. The standard InChI is InChI=1S/C17H16F3N3/c1-11-8-12(2)22-16(15(11)9-21)23(3)10-13-4-6-14(7-5-13)17(18,19)20/h4-8H,10H2,1-3H3. The molecule has 2 aromatic rings. The van der Waals surface area contributed by atoms with Crippen LogP contribution in [-0.2, 0) is 12.7 Å². The predicted octanol–water partition coefficient (Wildman–Crippen LogP) is 4.23. The molecule has 0 aliphatic carbocycles. The first-order valence-corrected chi connectivity index (χ1v) is 6.98. The Kier molecular flexibility index (Phi) is 4.60. The second-order valence-electron chi connectivity index (χ2n) is 5.44. The minimum absolute atomic E-state index is 0.364. The number of aromatic nitrogens is 1. The van der Waals surface area contributed by atoms with Crippen molar-refractivity contribution in [2.24, 2.45) is 0 Å². The maximum absolute atomic E-state index is 12.6. The van der Waals surface area contributed by atoms with E-state index < -0.39 is 11.7 Å². The van der Waals surface area contributed by atoms with E-state index in [-0.39, 0.29) is 0 Å². The van der Waals surface area contributed by atoms with E-state index in [0.29, 0.717) is 23.5 Å². The Labute approximate surface area is 133 Å². The molecule has 1 aromatic heterocycles. The molecule has 1 aromatic carbocycles. The Balaban J connectivity index is 2.26. The van der Waals surface area contributed by atoms with Crippen molar-refractivity contribution in [2.75, 3.05) is 11.9 Å². The number of pyridine rings is 1. The molecule has 0 spiro atoms. The zero-order chi connectivity index (χ0) is 17.2. The average Bonchev–Trinajstić information content (AvgIpc) is 2.46. The predicted molar refractivity (Wildman–Crippen MR) is 82.0 cm³/mol. The van der Waals surface area contributed by atoms with Gasteiger partial charge in [0.1, 0.15) is 11.9 Å². The highest BCUT2D eigenvalue weighted by atomic mass is 19.4. The van der Waals surface area contributed by atoms with Gasteiger partial charge in [-0.05, 0) is 43.2 Å². The van der Waals surface area contributed by atoms with Gasteiger partial charge in [0.15, 0.2) is 0 Å². The smallest absolute Gasteiger partial charge is 0.354 e. The van der Waals surface area contributed by atoms with Crippen LogP contribution in [0.5, 0.6) is 0 Å². The first kappa shape index (κ1) is 16.8. The van der Waals surface area contributed by atoms with Crippen molar-refractivity contribution in [3.8, 4) is 6.07 Å². The van der Waals surface area contributed by atoms with Crippen molar-refractivity contribution >= 4 is 5.82 Å². The number of halogens is 3. The first-order chi connectivity index (χ1) is 10.7. The van der Waals surface area contributed by atoms with Gasteiger partial charge < -0.3 is 4.90 Å². The highest BCUT2D eigenvalue weighted by Gasteiger charge is 2.29. The number of alkyl halides is 3. The van der Waals surface area contributed by atoms with E-state index in [9.17, 15) is 18.4 Å². The number of nitrogens with zero attached hydrogens (tertiary/aromatic N) is 3. The molecule has 0 radical (unpaired) electrons. The molecule has 0 aliphatic rings. The summed E-state index contributed by atoms with van der Waals surface area (Å²) in [5.41, 5.74) is 2.13. The van der Waals surface area contributed by atoms with Gasteiger partial charge in [0.2, 0.25) is 0 Å². The van der Waals surface area contributed by atoms with Crippen molar-refractivity contribution in [1.82, 2.24) is 4.98 Å². The van der Waals surface area contributed by atoms with Crippen LogP contribution in [0.15, 0.2) is 30.3 Å². The van der Waals surface area contributed by atoms with Crippen molar-refractivity contribution in [2.45, 2.75) is 26.6 Å². The van der Waals surface area contributed by atoms with Crippen molar-refractivity contribution in [3.63, 3.8) is 0 Å². The topological polar surface area (TPSA) is 39.9 Å². The van der Waals surface area contributed by atoms with Crippen LogP contribution in [-0.4, -0.2) is 12.0 Å². The van der Waals surface area contributed by atoms with E-state index in [1.807, 2.05) is 19.9 Å². The highest BCUT2D eigenvalue weighted by molar-refractivity contribution is 5.57. The minimum Gasteiger partial charge on any atom is -0.354 e. The summed E-state index contributed by atoms with van der Waals surface area (Å²) in [4.78, 5) is 6.15. The van der Waals surface area contributed by atoms with Crippen LogP contribution < -0.4 is 4.90 Å². The Morgan fingerprint density at radius 3 is 2.30 bits per heavy atom. The lowest BCUT2D eigenvalue weighted by Gasteiger charge is -2.21. The van der Waals surface area contributed by atoms with Crippen LogP contribution in [0.4, 0.5) is 19.0 Å². The van der Waals surface area contributed by atoms with Crippen molar-refractivity contribution < 1.29 is 13.2 Å². The molecule has 0 unspecified atom stereocenters. The fourth-order valence-electron chi connectivity index (χ4n) is 2.38. The van der Waals surface area contributed by atoms with Gasteiger partial charge in [-0.25, -0.2) is 4.98 Å². The summed E-state index contributed by atoms with van der Waals surface area (Å²) < 4.78 is 37.7. The summed E-state index contributed by atoms with van der Waals surface area (Å²) in [6.45, 7) is 4.04. The van der Waals surface area contributed by atoms with E-state index in [1.54, 1.807) is 11.9 Å². The van der Waals surface area contributed by atoms with E-state index >= 15 is 0 Å². The fourth-order valence-corrected chi connectivity index (χ4v) is 2.38. The number of hydrogen-bond donors (Lipinski definition) is 0. The van der Waals surface area contributed by atoms with E-state index in [4.69, 9.17) is 0 Å². The summed E-state index contributed by atoms with van der Waals surface area (Å²) in [6.07, 6.45) is -4.34. The third-order valence-corrected chi connectivity index (χ3v) is 3.50. The SMILES string of the molecule is Cc1cc(C)c(C#N)c(N(C)Cc2ccc(C(F)(F)F)cc2)n1. The molecule has 0 aliphatic heterocycles. The third kappa shape index (κ3) is 3.81. The molecule has 6 heteroatoms. The number of hydrogen-bond acceptors (Lipinski definition) is 3. The average molecular weight is 319 g/mol. The van der Waals surface area contributed by atoms with Crippen LogP contribution in [0.3, 0.4) is 0 Å². The molecular formula is C17H16F3N3. The summed E-state index contributed by atoms with van der Waals surface area (Å²) in [6, 6.07) is 8.96. The molecule has 1 heterocycles. The molecule has 0 atom stereocenters. The Bertz CT molecular complexity index is 743. The Morgan fingerprint density at radius 2 is 1.78 bits per heavy atom. The number of aryl methyl sites for hydroxylation is 2. The van der Waals surface area contributed by atoms with Gasteiger partial charge in [-0.15, -0.1) is 0 Å². The molecule has 0 N–H and O–H groups in total. The van der Waals surface area contributed by atoms with Crippen LogP contribution in [0, 0.1) is 25.2 Å². The largest absolute Gasteiger partial charge is 0.416 e. The normalized spacial score (nSPS) is 11.2. The molecule has 120 valence electrons. The summed E-state index contributed by atoms with van der Waals surface area (Å²) in [5.74, 6) is 0.532. The number of nitriles is 1. The van der Waals surface area contributed by atoms with E-state index in [0.717, 1.165) is 23.4 Å². The van der Waals surface area contributed by atoms with Gasteiger partial charge in [0, 0.05) is 19.3 Å². The molecule has 3 nitrogen and oxygen atoms in total. The number of rotatable bonds is 3. The molecule has 0 fully saturated rings. The fraction of sp³-hybridized carbons (Fsp3) is 0.294. The van der Waals surface area contributed by atoms with Gasteiger partial charge in [0.25, 0.3) is 0 Å². The second kappa shape index (κ2) is 6.29. The maximum Gasteiger partial charge on any atom is 0.416 e. The van der Waals surface area contributed by atoms with Crippen LogP contribution in [0.2, 0.25) is 0 Å². The lowest BCUT2D eigenvalue weighted by atomic mass is 10.1. The van der Waals surface area contributed by atoms with Crippen LogP contribution >= 0.6 is 0 Å². The van der Waals surface area contributed by atoms with Gasteiger partial charge >= 0.3 is 6.18 Å². The molecular weight excluding hydrogens is 303 g/mol. The van der Waals surface area contributed by atoms with Gasteiger partial charge in [-0.1, -0.05) is 12.1 Å². The Hall–Kier alpha value is -2.55. The van der Waals surface area contributed by atoms with Gasteiger partial charge in [-0.3, -0.25) is 0 Å².